The summed E-state index contributed by atoms with van der Waals surface area (Å²) in [6, 6.07) is 0. The highest BCUT2D eigenvalue weighted by atomic mass is 35.5. The van der Waals surface area contributed by atoms with E-state index in [9.17, 15) is 0 Å². The van der Waals surface area contributed by atoms with Crippen molar-refractivity contribution in [3.05, 3.63) is 0 Å². The molecule has 62 valence electrons. The van der Waals surface area contributed by atoms with Crippen LogP contribution in [0.1, 0.15) is 0 Å². The first-order chi connectivity index (χ1) is 4.33. The van der Waals surface area contributed by atoms with Gasteiger partial charge in [-0.1, -0.05) is 11.6 Å². The first kappa shape index (κ1) is 10.2. The molecule has 0 aromatic heterocycles. The molecule has 4 heteroatoms. The van der Waals surface area contributed by atoms with Crippen LogP contribution in [0.3, 0.4) is 0 Å². The van der Waals surface area contributed by atoms with Crippen LogP contribution in [0.25, 0.3) is 0 Å². The summed E-state index contributed by atoms with van der Waals surface area (Å²) in [6.07, 6.45) is -0.846. The number of aliphatic hydroxyl groups is 2. The Morgan fingerprint density at radius 1 is 1.30 bits per heavy atom. The summed E-state index contributed by atoms with van der Waals surface area (Å²) in [7, 11) is 5.76. The van der Waals surface area contributed by atoms with E-state index < -0.39 is 11.7 Å². The first-order valence-corrected chi connectivity index (χ1v) is 3.57. The molecule has 0 aliphatic heterocycles. The third-order valence-electron chi connectivity index (χ3n) is 1.05. The number of rotatable bonds is 3. The molecular weight excluding hydrogens is 154 g/mol. The third kappa shape index (κ3) is 4.99. The Hall–Kier alpha value is 0.170. The van der Waals surface area contributed by atoms with E-state index in [1.54, 1.807) is 0 Å². The monoisotopic (exact) mass is 168 g/mol. The van der Waals surface area contributed by atoms with Gasteiger partial charge in [0.05, 0.1) is 21.1 Å². The number of likely N-dealkylation sites (N-methyl/N-ethyl adjacent to an activating group) is 1. The van der Waals surface area contributed by atoms with E-state index in [1.807, 2.05) is 21.1 Å². The summed E-state index contributed by atoms with van der Waals surface area (Å²) >= 11 is 5.23. The van der Waals surface area contributed by atoms with E-state index >= 15 is 0 Å². The van der Waals surface area contributed by atoms with Crippen molar-refractivity contribution in [1.29, 1.82) is 0 Å². The zero-order valence-electron chi connectivity index (χ0n) is 6.58. The van der Waals surface area contributed by atoms with E-state index in [4.69, 9.17) is 21.8 Å². The van der Waals surface area contributed by atoms with Crippen molar-refractivity contribution >= 4 is 11.6 Å². The van der Waals surface area contributed by atoms with E-state index in [0.29, 0.717) is 11.0 Å². The topological polar surface area (TPSA) is 40.5 Å². The molecule has 3 nitrogen and oxygen atoms in total. The second-order valence-electron chi connectivity index (χ2n) is 3.41. The number of alkyl halides is 1. The number of halogens is 1. The fourth-order valence-electron chi connectivity index (χ4n) is 0.648. The van der Waals surface area contributed by atoms with Crippen LogP contribution in [0, 0.1) is 0 Å². The Kier molecular flexibility index (Phi) is 3.59. The number of hydrogen-bond acceptors (Lipinski definition) is 2. The number of quaternary nitrogens is 1. The lowest BCUT2D eigenvalue weighted by Gasteiger charge is -2.27. The van der Waals surface area contributed by atoms with E-state index in [1.165, 1.54) is 0 Å². The average Bonchev–Trinajstić information content (AvgIpc) is 1.60. The Morgan fingerprint density at radius 3 is 1.80 bits per heavy atom. The molecule has 10 heavy (non-hydrogen) atoms. The highest BCUT2D eigenvalue weighted by Crippen LogP contribution is 2.02. The van der Waals surface area contributed by atoms with Gasteiger partial charge in [-0.05, 0) is 0 Å². The molecule has 0 spiro atoms. The molecular formula is C6H15ClNO2+. The Labute approximate surface area is 66.4 Å². The first-order valence-electron chi connectivity index (χ1n) is 3.13. The minimum atomic E-state index is -1.16. The van der Waals surface area contributed by atoms with Gasteiger partial charge in [-0.25, -0.2) is 0 Å². The van der Waals surface area contributed by atoms with Gasteiger partial charge in [-0.15, -0.1) is 0 Å². The second-order valence-corrected chi connectivity index (χ2v) is 3.86. The molecule has 2 unspecified atom stereocenters. The number of hydrogen-bond donors (Lipinski definition) is 2. The van der Waals surface area contributed by atoms with Gasteiger partial charge in [0.15, 0.2) is 5.56 Å². The molecule has 0 heterocycles. The van der Waals surface area contributed by atoms with Crippen LogP contribution >= 0.6 is 11.6 Å². The van der Waals surface area contributed by atoms with Gasteiger partial charge < -0.3 is 14.7 Å². The predicted molar refractivity (Wildman–Crippen MR) is 40.8 cm³/mol. The molecule has 0 aliphatic carbocycles. The smallest absolute Gasteiger partial charge is 0.159 e. The van der Waals surface area contributed by atoms with Crippen molar-refractivity contribution < 1.29 is 14.7 Å². The standard InChI is InChI=1S/C6H15ClNO2/c1-8(2,3)4-5(9)6(7)10/h5-6,9-10H,4H2,1-3H3/q+1. The van der Waals surface area contributed by atoms with Crippen molar-refractivity contribution in [3.8, 4) is 0 Å². The number of nitrogens with zero attached hydrogens (tertiary/aromatic N) is 1. The quantitative estimate of drug-likeness (QED) is 0.445. The maximum absolute atomic E-state index is 9.06. The lowest BCUT2D eigenvalue weighted by molar-refractivity contribution is -0.873. The van der Waals surface area contributed by atoms with Crippen LogP contribution in [0.4, 0.5) is 0 Å². The fraction of sp³-hybridized carbons (Fsp3) is 1.00. The van der Waals surface area contributed by atoms with Gasteiger partial charge >= 0.3 is 0 Å². The molecule has 0 bridgehead atoms. The maximum atomic E-state index is 9.06. The summed E-state index contributed by atoms with van der Waals surface area (Å²) in [5.41, 5.74) is -1.16. The van der Waals surface area contributed by atoms with Crippen LogP contribution in [0.2, 0.25) is 0 Å². The van der Waals surface area contributed by atoms with Crippen LogP contribution in [0.15, 0.2) is 0 Å². The predicted octanol–water partition coefficient (Wildman–Crippen LogP) is -0.389. The van der Waals surface area contributed by atoms with Crippen LogP contribution in [-0.2, 0) is 0 Å². The van der Waals surface area contributed by atoms with Gasteiger partial charge in [-0.3, -0.25) is 0 Å². The molecule has 0 amide bonds. The lowest BCUT2D eigenvalue weighted by Crippen LogP contribution is -2.44. The normalized spacial score (nSPS) is 18.6. The summed E-state index contributed by atoms with van der Waals surface area (Å²) in [5, 5.41) is 17.8. The van der Waals surface area contributed by atoms with Crippen molar-refractivity contribution in [3.63, 3.8) is 0 Å². The average molecular weight is 169 g/mol. The lowest BCUT2D eigenvalue weighted by atomic mass is 10.3. The highest BCUT2D eigenvalue weighted by Gasteiger charge is 2.20. The largest absolute Gasteiger partial charge is 0.383 e. The van der Waals surface area contributed by atoms with Gasteiger partial charge in [0.2, 0.25) is 0 Å². The second kappa shape index (κ2) is 3.53. The van der Waals surface area contributed by atoms with Crippen LogP contribution in [-0.4, -0.2) is 54.1 Å². The van der Waals surface area contributed by atoms with Crippen molar-refractivity contribution in [1.82, 2.24) is 0 Å². The molecule has 0 radical (unpaired) electrons. The number of aliphatic hydroxyl groups excluding tert-OH is 2. The van der Waals surface area contributed by atoms with E-state index in [2.05, 4.69) is 0 Å². The Bertz CT molecular complexity index is 100. The molecule has 0 fully saturated rings. The summed E-state index contributed by atoms with van der Waals surface area (Å²) in [5.74, 6) is 0. The van der Waals surface area contributed by atoms with Gasteiger partial charge in [0, 0.05) is 0 Å². The summed E-state index contributed by atoms with van der Waals surface area (Å²) < 4.78 is 0.588. The zero-order valence-corrected chi connectivity index (χ0v) is 7.34. The molecule has 0 saturated heterocycles. The molecule has 0 aliphatic rings. The fourth-order valence-corrected chi connectivity index (χ4v) is 0.728. The highest BCUT2D eigenvalue weighted by molar-refractivity contribution is 6.19. The SMILES string of the molecule is C[N+](C)(C)CC(O)C(O)Cl. The molecule has 0 aromatic rings. The minimum Gasteiger partial charge on any atom is -0.383 e. The third-order valence-corrected chi connectivity index (χ3v) is 1.34. The molecule has 2 N–H and O–H groups in total. The summed E-state index contributed by atoms with van der Waals surface area (Å²) in [6.45, 7) is 0.449. The summed E-state index contributed by atoms with van der Waals surface area (Å²) in [4.78, 5) is 0. The molecule has 0 saturated carbocycles. The minimum absolute atomic E-state index is 0.449. The molecule has 2 atom stereocenters. The van der Waals surface area contributed by atoms with E-state index in [-0.39, 0.29) is 0 Å². The van der Waals surface area contributed by atoms with Crippen LogP contribution in [0.5, 0.6) is 0 Å². The Balaban J connectivity index is 3.68. The molecule has 0 rings (SSSR count). The van der Waals surface area contributed by atoms with Gasteiger partial charge in [-0.2, -0.15) is 0 Å². The maximum Gasteiger partial charge on any atom is 0.159 e. The van der Waals surface area contributed by atoms with Crippen LogP contribution < -0.4 is 0 Å². The Morgan fingerprint density at radius 2 is 1.70 bits per heavy atom. The zero-order chi connectivity index (χ0) is 8.36. The molecule has 0 aromatic carbocycles. The van der Waals surface area contributed by atoms with Crippen molar-refractivity contribution in [2.24, 2.45) is 0 Å². The van der Waals surface area contributed by atoms with E-state index in [0.717, 1.165) is 0 Å². The van der Waals surface area contributed by atoms with Gasteiger partial charge in [0.25, 0.3) is 0 Å². The van der Waals surface area contributed by atoms with Crippen molar-refractivity contribution in [2.45, 2.75) is 11.7 Å². The van der Waals surface area contributed by atoms with Gasteiger partial charge in [0.1, 0.15) is 12.6 Å². The van der Waals surface area contributed by atoms with Crippen molar-refractivity contribution in [2.75, 3.05) is 27.7 Å².